The molecule has 0 saturated carbocycles. The summed E-state index contributed by atoms with van der Waals surface area (Å²) in [5.41, 5.74) is 5.28. The van der Waals surface area contributed by atoms with E-state index >= 15 is 0 Å². The highest BCUT2D eigenvalue weighted by molar-refractivity contribution is 5.95. The van der Waals surface area contributed by atoms with Crippen molar-refractivity contribution in [1.82, 2.24) is 14.8 Å². The summed E-state index contributed by atoms with van der Waals surface area (Å²) in [6.07, 6.45) is -1.83. The second kappa shape index (κ2) is 5.19. The van der Waals surface area contributed by atoms with Gasteiger partial charge in [-0.05, 0) is 23.8 Å². The molecule has 2 heterocycles. The molecule has 2 aromatic rings. The summed E-state index contributed by atoms with van der Waals surface area (Å²) in [5.74, 6) is -0.178. The van der Waals surface area contributed by atoms with Crippen molar-refractivity contribution in [2.45, 2.75) is 12.7 Å². The van der Waals surface area contributed by atoms with Crippen molar-refractivity contribution in [1.29, 1.82) is 0 Å². The largest absolute Gasteiger partial charge is 0.435 e. The van der Waals surface area contributed by atoms with Crippen molar-refractivity contribution >= 4 is 5.84 Å². The molecule has 0 aliphatic carbocycles. The average molecular weight is 285 g/mol. The Balaban J connectivity index is 2.20. The molecular weight excluding hydrogens is 275 g/mol. The number of halogens is 3. The van der Waals surface area contributed by atoms with Crippen LogP contribution in [-0.4, -0.2) is 25.8 Å². The van der Waals surface area contributed by atoms with E-state index < -0.39 is 11.9 Å². The number of alkyl halides is 3. The van der Waals surface area contributed by atoms with Gasteiger partial charge in [-0.1, -0.05) is 5.16 Å². The lowest BCUT2D eigenvalue weighted by Crippen LogP contribution is -2.15. The molecule has 2 aromatic heterocycles. The Kier molecular flexibility index (Phi) is 3.59. The number of oxime groups is 1. The highest BCUT2D eigenvalue weighted by Crippen LogP contribution is 2.27. The number of nitrogens with zero attached hydrogens (tertiary/aromatic N) is 4. The van der Waals surface area contributed by atoms with E-state index in [0.717, 1.165) is 10.7 Å². The van der Waals surface area contributed by atoms with E-state index in [1.165, 1.54) is 18.5 Å². The first-order chi connectivity index (χ1) is 9.40. The molecule has 0 spiro atoms. The zero-order chi connectivity index (χ0) is 14.8. The predicted octanol–water partition coefficient (Wildman–Crippen LogP) is 1.44. The molecule has 0 amide bonds. The third kappa shape index (κ3) is 3.05. The van der Waals surface area contributed by atoms with Crippen LogP contribution in [0.2, 0.25) is 0 Å². The fourth-order valence-corrected chi connectivity index (χ4v) is 1.55. The van der Waals surface area contributed by atoms with Crippen LogP contribution in [0, 0.1) is 0 Å². The van der Waals surface area contributed by atoms with Gasteiger partial charge in [0.05, 0.1) is 6.54 Å². The lowest BCUT2D eigenvalue weighted by atomic mass is 10.2. The molecule has 0 aliphatic rings. The minimum atomic E-state index is -4.47. The molecule has 2 rings (SSSR count). The van der Waals surface area contributed by atoms with Crippen LogP contribution < -0.4 is 5.73 Å². The van der Waals surface area contributed by atoms with Gasteiger partial charge >= 0.3 is 6.18 Å². The van der Waals surface area contributed by atoms with Gasteiger partial charge in [0.1, 0.15) is 5.69 Å². The minimum absolute atomic E-state index is 0.115. The molecule has 3 N–H and O–H groups in total. The standard InChI is InChI=1S/C11H10F3N5O/c12-11(13,14)9-2-4-19(17-9)6-7-1-3-16-8(5-7)10(15)18-20/h1-5,20H,6H2,(H2,15,18). The van der Waals surface area contributed by atoms with Crippen LogP contribution in [0.4, 0.5) is 13.2 Å². The molecule has 0 fully saturated rings. The summed E-state index contributed by atoms with van der Waals surface area (Å²) in [7, 11) is 0. The molecule has 0 bridgehead atoms. The van der Waals surface area contributed by atoms with Gasteiger partial charge in [0.15, 0.2) is 11.5 Å². The van der Waals surface area contributed by atoms with Gasteiger partial charge < -0.3 is 10.9 Å². The van der Waals surface area contributed by atoms with E-state index in [4.69, 9.17) is 10.9 Å². The first-order valence-corrected chi connectivity index (χ1v) is 5.43. The molecule has 0 radical (unpaired) electrons. The highest BCUT2D eigenvalue weighted by atomic mass is 19.4. The molecule has 0 unspecified atom stereocenters. The molecule has 0 aromatic carbocycles. The van der Waals surface area contributed by atoms with Crippen molar-refractivity contribution in [2.24, 2.45) is 10.9 Å². The summed E-state index contributed by atoms with van der Waals surface area (Å²) in [6.45, 7) is 0.115. The van der Waals surface area contributed by atoms with E-state index in [1.54, 1.807) is 6.07 Å². The van der Waals surface area contributed by atoms with Crippen LogP contribution in [0.1, 0.15) is 17.0 Å². The van der Waals surface area contributed by atoms with Crippen molar-refractivity contribution in [2.75, 3.05) is 0 Å². The summed E-state index contributed by atoms with van der Waals surface area (Å²) >= 11 is 0. The van der Waals surface area contributed by atoms with E-state index in [-0.39, 0.29) is 18.1 Å². The lowest BCUT2D eigenvalue weighted by Gasteiger charge is -2.05. The summed E-state index contributed by atoms with van der Waals surface area (Å²) < 4.78 is 38.4. The fraction of sp³-hybridized carbons (Fsp3) is 0.182. The van der Waals surface area contributed by atoms with Crippen LogP contribution in [0.25, 0.3) is 0 Å². The van der Waals surface area contributed by atoms with Gasteiger partial charge in [-0.3, -0.25) is 9.67 Å². The normalized spacial score (nSPS) is 12.7. The van der Waals surface area contributed by atoms with Gasteiger partial charge in [-0.2, -0.15) is 18.3 Å². The van der Waals surface area contributed by atoms with E-state index in [1.807, 2.05) is 0 Å². The van der Waals surface area contributed by atoms with Crippen LogP contribution in [0.15, 0.2) is 35.7 Å². The Morgan fingerprint density at radius 3 is 2.75 bits per heavy atom. The Morgan fingerprint density at radius 2 is 2.15 bits per heavy atom. The van der Waals surface area contributed by atoms with E-state index in [9.17, 15) is 13.2 Å². The SMILES string of the molecule is NC(=NO)c1cc(Cn2ccc(C(F)(F)F)n2)ccn1. The van der Waals surface area contributed by atoms with Gasteiger partial charge in [-0.25, -0.2) is 0 Å². The summed E-state index contributed by atoms with van der Waals surface area (Å²) in [6, 6.07) is 4.00. The lowest BCUT2D eigenvalue weighted by molar-refractivity contribution is -0.141. The molecule has 0 aliphatic heterocycles. The number of nitrogens with two attached hydrogens (primary N) is 1. The van der Waals surface area contributed by atoms with Gasteiger partial charge in [0, 0.05) is 12.4 Å². The van der Waals surface area contributed by atoms with E-state index in [2.05, 4.69) is 15.2 Å². The summed E-state index contributed by atoms with van der Waals surface area (Å²) in [5, 5.41) is 14.8. The third-order valence-electron chi connectivity index (χ3n) is 2.47. The van der Waals surface area contributed by atoms with Crippen molar-refractivity contribution in [3.63, 3.8) is 0 Å². The van der Waals surface area contributed by atoms with Crippen LogP contribution in [0.3, 0.4) is 0 Å². The minimum Gasteiger partial charge on any atom is -0.409 e. The second-order valence-electron chi connectivity index (χ2n) is 3.93. The molecule has 106 valence electrons. The average Bonchev–Trinajstić information content (AvgIpc) is 2.86. The Hall–Kier alpha value is -2.58. The van der Waals surface area contributed by atoms with Gasteiger partial charge in [-0.15, -0.1) is 0 Å². The zero-order valence-corrected chi connectivity index (χ0v) is 10.0. The topological polar surface area (TPSA) is 89.3 Å². The van der Waals surface area contributed by atoms with Gasteiger partial charge in [0.25, 0.3) is 0 Å². The molecule has 9 heteroatoms. The fourth-order valence-electron chi connectivity index (χ4n) is 1.55. The van der Waals surface area contributed by atoms with Crippen LogP contribution in [0.5, 0.6) is 0 Å². The molecule has 0 saturated heterocycles. The number of hydrogen-bond acceptors (Lipinski definition) is 4. The smallest absolute Gasteiger partial charge is 0.409 e. The van der Waals surface area contributed by atoms with Crippen molar-refractivity contribution < 1.29 is 18.4 Å². The second-order valence-corrected chi connectivity index (χ2v) is 3.93. The highest BCUT2D eigenvalue weighted by Gasteiger charge is 2.33. The monoisotopic (exact) mass is 285 g/mol. The summed E-state index contributed by atoms with van der Waals surface area (Å²) in [4.78, 5) is 3.87. The van der Waals surface area contributed by atoms with Crippen molar-refractivity contribution in [3.05, 3.63) is 47.5 Å². The van der Waals surface area contributed by atoms with Crippen LogP contribution >= 0.6 is 0 Å². The Bertz CT molecular complexity index is 635. The maximum absolute atomic E-state index is 12.4. The number of aromatic nitrogens is 3. The third-order valence-corrected chi connectivity index (χ3v) is 2.47. The maximum atomic E-state index is 12.4. The van der Waals surface area contributed by atoms with Gasteiger partial charge in [0.2, 0.25) is 0 Å². The molecule has 6 nitrogen and oxygen atoms in total. The Labute approximate surface area is 111 Å². The Morgan fingerprint density at radius 1 is 1.40 bits per heavy atom. The number of rotatable bonds is 3. The molecular formula is C11H10F3N5O. The maximum Gasteiger partial charge on any atom is 0.435 e. The molecule has 20 heavy (non-hydrogen) atoms. The molecule has 0 atom stereocenters. The zero-order valence-electron chi connectivity index (χ0n) is 10.0. The number of amidine groups is 1. The quantitative estimate of drug-likeness (QED) is 0.386. The van der Waals surface area contributed by atoms with Crippen LogP contribution in [-0.2, 0) is 12.7 Å². The predicted molar refractivity (Wildman–Crippen MR) is 63.1 cm³/mol. The number of hydrogen-bond donors (Lipinski definition) is 2. The number of pyridine rings is 1. The first kappa shape index (κ1) is 13.8. The van der Waals surface area contributed by atoms with E-state index in [0.29, 0.717) is 5.56 Å². The first-order valence-electron chi connectivity index (χ1n) is 5.43. The van der Waals surface area contributed by atoms with Crippen molar-refractivity contribution in [3.8, 4) is 0 Å².